The van der Waals surface area contributed by atoms with Gasteiger partial charge in [0.2, 0.25) is 0 Å². The average molecular weight is 412 g/mol. The van der Waals surface area contributed by atoms with E-state index in [-0.39, 0.29) is 5.69 Å². The van der Waals surface area contributed by atoms with Gasteiger partial charge >= 0.3 is 0 Å². The second-order valence-electron chi connectivity index (χ2n) is 5.53. The van der Waals surface area contributed by atoms with Crippen molar-refractivity contribution in [1.82, 2.24) is 14.3 Å². The number of amides is 1. The number of nitrogens with one attached hydrogen (secondary N) is 1. The van der Waals surface area contributed by atoms with Gasteiger partial charge in [0.25, 0.3) is 15.9 Å². The monoisotopic (exact) mass is 411 g/mol. The first kappa shape index (κ1) is 19.0. The van der Waals surface area contributed by atoms with Crippen LogP contribution in [-0.4, -0.2) is 23.9 Å². The lowest BCUT2D eigenvalue weighted by molar-refractivity contribution is 0.0977. The normalized spacial score (nSPS) is 11.4. The van der Waals surface area contributed by atoms with E-state index in [4.69, 9.17) is 11.6 Å². The van der Waals surface area contributed by atoms with Crippen molar-refractivity contribution in [2.75, 3.05) is 0 Å². The summed E-state index contributed by atoms with van der Waals surface area (Å²) in [7, 11) is -3.18. The van der Waals surface area contributed by atoms with Crippen LogP contribution in [0.2, 0.25) is 5.02 Å². The molecule has 27 heavy (non-hydrogen) atoms. The molecule has 1 aromatic heterocycles. The molecule has 3 rings (SSSR count). The number of aryl methyl sites for hydroxylation is 1. The maximum atomic E-state index is 13.7. The van der Waals surface area contributed by atoms with E-state index in [0.29, 0.717) is 16.4 Å². The van der Waals surface area contributed by atoms with Crippen LogP contribution in [0.25, 0.3) is 11.4 Å². The first-order valence-electron chi connectivity index (χ1n) is 7.50. The Morgan fingerprint density at radius 2 is 1.74 bits per heavy atom. The fourth-order valence-electron chi connectivity index (χ4n) is 2.43. The van der Waals surface area contributed by atoms with E-state index in [1.54, 1.807) is 36.0 Å². The Balaban J connectivity index is 1.94. The first-order valence-corrected chi connectivity index (χ1v) is 9.36. The minimum atomic E-state index is -4.77. The molecule has 1 amide bonds. The Morgan fingerprint density at radius 1 is 1.11 bits per heavy atom. The van der Waals surface area contributed by atoms with Gasteiger partial charge < -0.3 is 4.57 Å². The Bertz CT molecular complexity index is 1130. The fraction of sp³-hybridized carbons (Fsp3) is 0.0588. The van der Waals surface area contributed by atoms with E-state index >= 15 is 0 Å². The van der Waals surface area contributed by atoms with Gasteiger partial charge in [0.15, 0.2) is 4.90 Å². The lowest BCUT2D eigenvalue weighted by Crippen LogP contribution is -2.32. The SMILES string of the molecule is Cn1cc(C(=O)NS(=O)(=O)c2c(F)cccc2F)nc1-c1ccccc1Cl. The number of carbonyl (C=O) groups excluding carboxylic acids is 1. The molecule has 0 saturated heterocycles. The Hall–Kier alpha value is -2.78. The van der Waals surface area contributed by atoms with Gasteiger partial charge in [-0.1, -0.05) is 29.8 Å². The second-order valence-corrected chi connectivity index (χ2v) is 7.55. The third-order valence-electron chi connectivity index (χ3n) is 3.64. The summed E-state index contributed by atoms with van der Waals surface area (Å²) in [6.45, 7) is 0. The van der Waals surface area contributed by atoms with Crippen molar-refractivity contribution in [3.8, 4) is 11.4 Å². The smallest absolute Gasteiger partial charge is 0.285 e. The third kappa shape index (κ3) is 3.69. The van der Waals surface area contributed by atoms with E-state index in [1.807, 2.05) is 0 Å². The number of hydrogen-bond donors (Lipinski definition) is 1. The molecule has 0 fully saturated rings. The van der Waals surface area contributed by atoms with Gasteiger partial charge in [-0.15, -0.1) is 0 Å². The van der Waals surface area contributed by atoms with Crippen LogP contribution in [0.5, 0.6) is 0 Å². The van der Waals surface area contributed by atoms with Crippen molar-refractivity contribution in [2.45, 2.75) is 4.90 Å². The van der Waals surface area contributed by atoms with Crippen molar-refractivity contribution in [3.63, 3.8) is 0 Å². The minimum absolute atomic E-state index is 0.257. The minimum Gasteiger partial charge on any atom is -0.333 e. The summed E-state index contributed by atoms with van der Waals surface area (Å²) in [5.41, 5.74) is 0.275. The van der Waals surface area contributed by atoms with Gasteiger partial charge in [0.05, 0.1) is 5.02 Å². The number of rotatable bonds is 4. The van der Waals surface area contributed by atoms with Crippen LogP contribution >= 0.6 is 11.6 Å². The predicted octanol–water partition coefficient (Wildman–Crippen LogP) is 3.14. The number of halogens is 3. The molecule has 140 valence electrons. The molecule has 0 unspecified atom stereocenters. The van der Waals surface area contributed by atoms with E-state index in [2.05, 4.69) is 4.98 Å². The van der Waals surface area contributed by atoms with Crippen LogP contribution in [0.15, 0.2) is 53.6 Å². The summed E-state index contributed by atoms with van der Waals surface area (Å²) < 4.78 is 55.0. The number of carbonyl (C=O) groups is 1. The molecule has 0 atom stereocenters. The molecular formula is C17H12ClF2N3O3S. The van der Waals surface area contributed by atoms with Crippen LogP contribution in [0.1, 0.15) is 10.5 Å². The molecule has 0 radical (unpaired) electrons. The van der Waals surface area contributed by atoms with Crippen LogP contribution in [0.4, 0.5) is 8.78 Å². The first-order chi connectivity index (χ1) is 12.7. The lowest BCUT2D eigenvalue weighted by atomic mass is 10.2. The molecule has 0 bridgehead atoms. The predicted molar refractivity (Wildman–Crippen MR) is 94.7 cm³/mol. The van der Waals surface area contributed by atoms with Gasteiger partial charge in [-0.2, -0.15) is 0 Å². The highest BCUT2D eigenvalue weighted by molar-refractivity contribution is 7.90. The van der Waals surface area contributed by atoms with Crippen LogP contribution in [0, 0.1) is 11.6 Å². The summed E-state index contributed by atoms with van der Waals surface area (Å²) in [5, 5.41) is 0.388. The third-order valence-corrected chi connectivity index (χ3v) is 5.35. The van der Waals surface area contributed by atoms with E-state index in [1.165, 1.54) is 10.8 Å². The van der Waals surface area contributed by atoms with Gasteiger partial charge in [-0.3, -0.25) is 4.79 Å². The molecule has 1 N–H and O–H groups in total. The molecule has 2 aromatic carbocycles. The number of nitrogens with zero attached hydrogens (tertiary/aromatic N) is 2. The van der Waals surface area contributed by atoms with Gasteiger partial charge in [-0.05, 0) is 24.3 Å². The number of aromatic nitrogens is 2. The van der Waals surface area contributed by atoms with Crippen molar-refractivity contribution in [1.29, 1.82) is 0 Å². The van der Waals surface area contributed by atoms with Gasteiger partial charge in [0, 0.05) is 18.8 Å². The van der Waals surface area contributed by atoms with Crippen molar-refractivity contribution in [2.24, 2.45) is 7.05 Å². The Kier molecular flexibility index (Phi) is 4.99. The van der Waals surface area contributed by atoms with Gasteiger partial charge in [-0.25, -0.2) is 26.9 Å². The second kappa shape index (κ2) is 7.09. The average Bonchev–Trinajstić information content (AvgIpc) is 2.96. The molecule has 10 heteroatoms. The zero-order chi connectivity index (χ0) is 19.8. The zero-order valence-electron chi connectivity index (χ0n) is 13.8. The largest absolute Gasteiger partial charge is 0.333 e. The summed E-state index contributed by atoms with van der Waals surface area (Å²) in [4.78, 5) is 15.1. The standard InChI is InChI=1S/C17H12ClF2N3O3S/c1-23-9-14(21-16(23)10-5-2-3-6-11(10)18)17(24)22-27(25,26)15-12(19)7-4-8-13(15)20/h2-9H,1H3,(H,22,24). The van der Waals surface area contributed by atoms with Crippen LogP contribution in [-0.2, 0) is 17.1 Å². The van der Waals surface area contributed by atoms with Gasteiger partial charge in [0.1, 0.15) is 23.2 Å². The molecular weight excluding hydrogens is 400 g/mol. The van der Waals surface area contributed by atoms with Crippen molar-refractivity contribution in [3.05, 3.63) is 71.0 Å². The topological polar surface area (TPSA) is 81.1 Å². The highest BCUT2D eigenvalue weighted by Crippen LogP contribution is 2.26. The molecule has 0 aliphatic heterocycles. The number of sulfonamides is 1. The van der Waals surface area contributed by atoms with Crippen LogP contribution in [0.3, 0.4) is 0 Å². The van der Waals surface area contributed by atoms with Crippen molar-refractivity contribution < 1.29 is 22.0 Å². The lowest BCUT2D eigenvalue weighted by Gasteiger charge is -2.07. The molecule has 6 nitrogen and oxygen atoms in total. The Morgan fingerprint density at radius 3 is 2.37 bits per heavy atom. The number of benzene rings is 2. The summed E-state index contributed by atoms with van der Waals surface area (Å²) in [6, 6.07) is 9.32. The fourth-order valence-corrected chi connectivity index (χ4v) is 3.75. The summed E-state index contributed by atoms with van der Waals surface area (Å²) >= 11 is 6.11. The summed E-state index contributed by atoms with van der Waals surface area (Å²) in [6.07, 6.45) is 1.28. The Labute approximate surface area is 158 Å². The highest BCUT2D eigenvalue weighted by atomic mass is 35.5. The summed E-state index contributed by atoms with van der Waals surface area (Å²) in [5.74, 6) is -3.44. The molecule has 0 aliphatic rings. The maximum absolute atomic E-state index is 13.7. The van der Waals surface area contributed by atoms with E-state index in [0.717, 1.165) is 18.2 Å². The number of hydrogen-bond acceptors (Lipinski definition) is 4. The molecule has 0 spiro atoms. The molecule has 3 aromatic rings. The zero-order valence-corrected chi connectivity index (χ0v) is 15.4. The van der Waals surface area contributed by atoms with E-state index < -0.39 is 32.5 Å². The molecule has 1 heterocycles. The quantitative estimate of drug-likeness (QED) is 0.715. The highest BCUT2D eigenvalue weighted by Gasteiger charge is 2.27. The number of imidazole rings is 1. The molecule has 0 saturated carbocycles. The maximum Gasteiger partial charge on any atom is 0.285 e. The van der Waals surface area contributed by atoms with E-state index in [9.17, 15) is 22.0 Å². The van der Waals surface area contributed by atoms with Crippen LogP contribution < -0.4 is 4.72 Å². The van der Waals surface area contributed by atoms with Crippen molar-refractivity contribution >= 4 is 27.5 Å². The molecule has 0 aliphatic carbocycles.